The molecule has 0 amide bonds. The number of sulfonamides is 1. The van der Waals surface area contributed by atoms with Crippen LogP contribution in [0.15, 0.2) is 14.7 Å². The fourth-order valence-electron chi connectivity index (χ4n) is 2.15. The second kappa shape index (κ2) is 7.35. The highest BCUT2D eigenvalue weighted by atomic mass is 79.9. The fourth-order valence-corrected chi connectivity index (χ4v) is 5.80. The van der Waals surface area contributed by atoms with Gasteiger partial charge in [-0.1, -0.05) is 13.8 Å². The van der Waals surface area contributed by atoms with Crippen molar-refractivity contribution in [1.29, 1.82) is 0 Å². The van der Waals surface area contributed by atoms with E-state index >= 15 is 0 Å². The van der Waals surface area contributed by atoms with E-state index in [2.05, 4.69) is 34.5 Å². The minimum Gasteiger partial charge on any atom is -0.308 e. The summed E-state index contributed by atoms with van der Waals surface area (Å²) in [6, 6.07) is 1.60. The van der Waals surface area contributed by atoms with Crippen molar-refractivity contribution in [3.63, 3.8) is 0 Å². The van der Waals surface area contributed by atoms with Gasteiger partial charge in [0.05, 0.1) is 8.68 Å². The number of aryl methyl sites for hydroxylation is 1. The largest absolute Gasteiger partial charge is 0.308 e. The van der Waals surface area contributed by atoms with Crippen molar-refractivity contribution < 1.29 is 8.42 Å². The molecule has 0 saturated carbocycles. The molecule has 0 radical (unpaired) electrons. The van der Waals surface area contributed by atoms with Gasteiger partial charge >= 0.3 is 0 Å². The molecule has 1 heterocycles. The number of nitrogens with one attached hydrogen (secondary N) is 1. The molecule has 1 aromatic rings. The quantitative estimate of drug-likeness (QED) is 0.787. The maximum absolute atomic E-state index is 12.5. The number of likely N-dealkylation sites (N-methyl/N-ethyl adjacent to an activating group) is 1. The Morgan fingerprint density at radius 2 is 2.00 bits per heavy atom. The lowest BCUT2D eigenvalue weighted by Crippen LogP contribution is -2.42. The van der Waals surface area contributed by atoms with Gasteiger partial charge in [-0.3, -0.25) is 0 Å². The first kappa shape index (κ1) is 18.1. The third-order valence-corrected chi connectivity index (χ3v) is 6.12. The molecule has 0 spiro atoms. The van der Waals surface area contributed by atoms with Crippen LogP contribution in [0.5, 0.6) is 0 Å². The van der Waals surface area contributed by atoms with Gasteiger partial charge < -0.3 is 4.90 Å². The second-order valence-electron chi connectivity index (χ2n) is 5.68. The lowest BCUT2D eigenvalue weighted by atomic mass is 10.0. The van der Waals surface area contributed by atoms with E-state index in [1.165, 1.54) is 11.3 Å². The van der Waals surface area contributed by atoms with Crippen LogP contribution in [-0.2, 0) is 10.0 Å². The van der Waals surface area contributed by atoms with E-state index in [9.17, 15) is 8.42 Å². The molecular formula is C13H23BrN2O2S2. The van der Waals surface area contributed by atoms with Gasteiger partial charge in [-0.25, -0.2) is 13.1 Å². The lowest BCUT2D eigenvalue weighted by molar-refractivity contribution is 0.329. The summed E-state index contributed by atoms with van der Waals surface area (Å²) in [5.41, 5.74) is 0. The van der Waals surface area contributed by atoms with Gasteiger partial charge in [-0.15, -0.1) is 11.3 Å². The number of rotatable bonds is 7. The molecule has 0 bridgehead atoms. The van der Waals surface area contributed by atoms with Crippen molar-refractivity contribution in [2.45, 2.75) is 38.1 Å². The summed E-state index contributed by atoms with van der Waals surface area (Å²) >= 11 is 4.78. The highest BCUT2D eigenvalue weighted by Gasteiger charge is 2.24. The molecule has 1 unspecified atom stereocenters. The summed E-state index contributed by atoms with van der Waals surface area (Å²) in [7, 11) is 0.448. The molecule has 0 aliphatic carbocycles. The molecule has 0 fully saturated rings. The number of hydrogen-bond acceptors (Lipinski definition) is 4. The predicted molar refractivity (Wildman–Crippen MR) is 88.9 cm³/mol. The SMILES string of the molecule is Cc1sc(Br)cc1S(=O)(=O)NC(CC(C)C)CN(C)C. The molecule has 1 rings (SSSR count). The molecule has 1 aromatic heterocycles. The van der Waals surface area contributed by atoms with Crippen LogP contribution in [0, 0.1) is 12.8 Å². The van der Waals surface area contributed by atoms with Crippen LogP contribution < -0.4 is 4.72 Å². The van der Waals surface area contributed by atoms with Crippen molar-refractivity contribution in [2.75, 3.05) is 20.6 Å². The summed E-state index contributed by atoms with van der Waals surface area (Å²) in [4.78, 5) is 3.19. The van der Waals surface area contributed by atoms with Crippen LogP contribution >= 0.6 is 27.3 Å². The van der Waals surface area contributed by atoms with Crippen molar-refractivity contribution in [3.05, 3.63) is 14.7 Å². The zero-order valence-electron chi connectivity index (χ0n) is 12.6. The molecule has 7 heteroatoms. The molecule has 20 heavy (non-hydrogen) atoms. The first-order valence-corrected chi connectivity index (χ1v) is 9.64. The Morgan fingerprint density at radius 1 is 1.40 bits per heavy atom. The topological polar surface area (TPSA) is 49.4 Å². The van der Waals surface area contributed by atoms with E-state index in [0.29, 0.717) is 17.4 Å². The van der Waals surface area contributed by atoms with E-state index in [1.54, 1.807) is 6.07 Å². The predicted octanol–water partition coefficient (Wildman–Crippen LogP) is 3.07. The molecule has 0 aliphatic rings. The van der Waals surface area contributed by atoms with Crippen LogP contribution in [0.3, 0.4) is 0 Å². The van der Waals surface area contributed by atoms with Gasteiger partial charge in [0, 0.05) is 17.5 Å². The highest BCUT2D eigenvalue weighted by Crippen LogP contribution is 2.29. The monoisotopic (exact) mass is 382 g/mol. The summed E-state index contributed by atoms with van der Waals surface area (Å²) in [6.07, 6.45) is 0.821. The zero-order chi connectivity index (χ0) is 15.5. The van der Waals surface area contributed by atoms with Gasteiger partial charge in [0.2, 0.25) is 10.0 Å². The van der Waals surface area contributed by atoms with E-state index in [4.69, 9.17) is 0 Å². The number of nitrogens with zero attached hydrogens (tertiary/aromatic N) is 1. The number of thiophene rings is 1. The van der Waals surface area contributed by atoms with Crippen LogP contribution in [-0.4, -0.2) is 40.0 Å². The minimum absolute atomic E-state index is 0.0759. The van der Waals surface area contributed by atoms with Gasteiger partial charge in [-0.05, 0) is 55.4 Å². The Kier molecular flexibility index (Phi) is 6.66. The van der Waals surface area contributed by atoms with Crippen LogP contribution in [0.4, 0.5) is 0 Å². The van der Waals surface area contributed by atoms with Crippen LogP contribution in [0.1, 0.15) is 25.1 Å². The first-order chi connectivity index (χ1) is 9.11. The molecule has 0 aromatic carbocycles. The van der Waals surface area contributed by atoms with E-state index in [-0.39, 0.29) is 6.04 Å². The average molecular weight is 383 g/mol. The molecule has 1 atom stereocenters. The fraction of sp³-hybridized carbons (Fsp3) is 0.692. The normalized spacial score (nSPS) is 14.2. The Labute approximate surface area is 134 Å². The molecule has 0 aliphatic heterocycles. The third-order valence-electron chi connectivity index (χ3n) is 2.79. The van der Waals surface area contributed by atoms with Crippen LogP contribution in [0.25, 0.3) is 0 Å². The first-order valence-electron chi connectivity index (χ1n) is 6.54. The van der Waals surface area contributed by atoms with Crippen molar-refractivity contribution >= 4 is 37.3 Å². The summed E-state index contributed by atoms with van der Waals surface area (Å²) in [5, 5.41) is 0. The van der Waals surface area contributed by atoms with Crippen molar-refractivity contribution in [3.8, 4) is 0 Å². The maximum Gasteiger partial charge on any atom is 0.241 e. The molecule has 1 N–H and O–H groups in total. The van der Waals surface area contributed by atoms with Gasteiger partial charge in [0.1, 0.15) is 0 Å². The molecular weight excluding hydrogens is 360 g/mol. The van der Waals surface area contributed by atoms with Crippen LogP contribution in [0.2, 0.25) is 0 Å². The maximum atomic E-state index is 12.5. The van der Waals surface area contributed by atoms with Gasteiger partial charge in [0.15, 0.2) is 0 Å². The molecule has 116 valence electrons. The zero-order valence-corrected chi connectivity index (χ0v) is 15.8. The Hall–Kier alpha value is 0.0500. The third kappa shape index (κ3) is 5.44. The summed E-state index contributed by atoms with van der Waals surface area (Å²) in [6.45, 7) is 6.72. The summed E-state index contributed by atoms with van der Waals surface area (Å²) < 4.78 is 28.7. The summed E-state index contributed by atoms with van der Waals surface area (Å²) in [5.74, 6) is 0.443. The molecule has 0 saturated heterocycles. The van der Waals surface area contributed by atoms with E-state index in [0.717, 1.165) is 15.1 Å². The standard InChI is InChI=1S/C13H23BrN2O2S2/c1-9(2)6-11(8-16(4)5)15-20(17,18)12-7-13(14)19-10(12)3/h7,9,11,15H,6,8H2,1-5H3. The minimum atomic E-state index is -3.46. The smallest absolute Gasteiger partial charge is 0.241 e. The van der Waals surface area contributed by atoms with E-state index < -0.39 is 10.0 Å². The average Bonchev–Trinajstić information content (AvgIpc) is 2.55. The van der Waals surface area contributed by atoms with Crippen molar-refractivity contribution in [2.24, 2.45) is 5.92 Å². The van der Waals surface area contributed by atoms with Gasteiger partial charge in [0.25, 0.3) is 0 Å². The lowest BCUT2D eigenvalue weighted by Gasteiger charge is -2.23. The Bertz CT molecular complexity index is 529. The Balaban J connectivity index is 2.93. The second-order valence-corrected chi connectivity index (χ2v) is 10.00. The highest BCUT2D eigenvalue weighted by molar-refractivity contribution is 9.11. The number of halogens is 1. The number of hydrogen-bond donors (Lipinski definition) is 1. The van der Waals surface area contributed by atoms with E-state index in [1.807, 2.05) is 25.9 Å². The Morgan fingerprint density at radius 3 is 2.40 bits per heavy atom. The van der Waals surface area contributed by atoms with Crippen molar-refractivity contribution in [1.82, 2.24) is 9.62 Å². The molecule has 4 nitrogen and oxygen atoms in total. The van der Waals surface area contributed by atoms with Gasteiger partial charge in [-0.2, -0.15) is 0 Å².